The van der Waals surface area contributed by atoms with Crippen LogP contribution in [0.5, 0.6) is 0 Å². The number of likely N-dealkylation sites (tertiary alicyclic amines) is 1. The maximum absolute atomic E-state index is 11.3. The van der Waals surface area contributed by atoms with Gasteiger partial charge in [0.15, 0.2) is 0 Å². The molecular weight excluding hydrogens is 306 g/mol. The predicted octanol–water partition coefficient (Wildman–Crippen LogP) is 1.05. The van der Waals surface area contributed by atoms with Crippen molar-refractivity contribution < 1.29 is 9.90 Å². The Morgan fingerprint density at radius 3 is 2.92 bits per heavy atom. The van der Waals surface area contributed by atoms with Gasteiger partial charge in [0.05, 0.1) is 6.20 Å². The number of nitrogens with two attached hydrogens (primary N) is 1. The Kier molecular flexibility index (Phi) is 4.38. The lowest BCUT2D eigenvalue weighted by molar-refractivity contribution is 0.0408. The number of benzene rings is 1. The highest BCUT2D eigenvalue weighted by Crippen LogP contribution is 2.31. The van der Waals surface area contributed by atoms with Crippen molar-refractivity contribution in [2.75, 3.05) is 13.1 Å². The minimum Gasteiger partial charge on any atom is -0.382 e. The Morgan fingerprint density at radius 1 is 1.46 bits per heavy atom. The molecule has 1 aliphatic heterocycles. The van der Waals surface area contributed by atoms with Gasteiger partial charge in [-0.05, 0) is 38.0 Å². The quantitative estimate of drug-likeness (QED) is 0.854. The van der Waals surface area contributed by atoms with Crippen molar-refractivity contribution in [3.63, 3.8) is 0 Å². The summed E-state index contributed by atoms with van der Waals surface area (Å²) in [6.45, 7) is 5.95. The molecule has 1 aliphatic rings. The number of carbonyl (C=O) groups excluding carboxylic acids is 1. The van der Waals surface area contributed by atoms with Gasteiger partial charge in [-0.25, -0.2) is 4.68 Å². The number of primary amides is 1. The average molecular weight is 329 g/mol. The molecule has 1 fully saturated rings. The first kappa shape index (κ1) is 16.6. The molecule has 0 saturated carbocycles. The van der Waals surface area contributed by atoms with Crippen molar-refractivity contribution in [3.05, 3.63) is 47.3 Å². The second-order valence-corrected chi connectivity index (χ2v) is 6.73. The first-order valence-electron chi connectivity index (χ1n) is 8.13. The lowest BCUT2D eigenvalue weighted by Crippen LogP contribution is -2.31. The molecule has 7 nitrogen and oxygen atoms in total. The predicted molar refractivity (Wildman–Crippen MR) is 89.2 cm³/mol. The van der Waals surface area contributed by atoms with Gasteiger partial charge in [-0.3, -0.25) is 9.69 Å². The summed E-state index contributed by atoms with van der Waals surface area (Å²) in [6, 6.07) is 7.50. The molecule has 1 atom stereocenters. The fourth-order valence-electron chi connectivity index (χ4n) is 3.04. The molecule has 1 aromatic carbocycles. The monoisotopic (exact) mass is 329 g/mol. The van der Waals surface area contributed by atoms with Crippen LogP contribution in [0.2, 0.25) is 0 Å². The second-order valence-electron chi connectivity index (χ2n) is 6.73. The summed E-state index contributed by atoms with van der Waals surface area (Å²) in [4.78, 5) is 13.4. The van der Waals surface area contributed by atoms with Crippen LogP contribution in [0.15, 0.2) is 30.5 Å². The zero-order chi connectivity index (χ0) is 17.3. The van der Waals surface area contributed by atoms with Crippen LogP contribution >= 0.6 is 0 Å². The van der Waals surface area contributed by atoms with Gasteiger partial charge in [0, 0.05) is 31.2 Å². The number of hydrogen-bond donors (Lipinski definition) is 2. The summed E-state index contributed by atoms with van der Waals surface area (Å²) in [5.41, 5.74) is 6.47. The van der Waals surface area contributed by atoms with E-state index in [0.717, 1.165) is 12.1 Å². The molecule has 3 N–H and O–H groups in total. The van der Waals surface area contributed by atoms with Gasteiger partial charge in [0.1, 0.15) is 11.3 Å². The Bertz CT molecular complexity index is 742. The fraction of sp³-hybridized carbons (Fsp3) is 0.471. The van der Waals surface area contributed by atoms with Crippen molar-refractivity contribution in [3.8, 4) is 0 Å². The van der Waals surface area contributed by atoms with Crippen molar-refractivity contribution >= 4 is 5.91 Å². The number of nitrogens with zero attached hydrogens (tertiary/aromatic N) is 4. The highest BCUT2D eigenvalue weighted by molar-refractivity contribution is 5.92. The molecule has 0 radical (unpaired) electrons. The number of amides is 1. The zero-order valence-corrected chi connectivity index (χ0v) is 14.0. The highest BCUT2D eigenvalue weighted by Gasteiger charge is 2.40. The third kappa shape index (κ3) is 3.32. The Hall–Kier alpha value is -2.25. The Labute approximate surface area is 141 Å². The fourth-order valence-corrected chi connectivity index (χ4v) is 3.04. The molecule has 1 saturated heterocycles. The van der Waals surface area contributed by atoms with Gasteiger partial charge in [-0.15, -0.1) is 5.10 Å². The number of aliphatic hydroxyl groups is 1. The van der Waals surface area contributed by atoms with Crippen LogP contribution in [0.3, 0.4) is 0 Å². The maximum atomic E-state index is 11.3. The summed E-state index contributed by atoms with van der Waals surface area (Å²) >= 11 is 0. The molecule has 1 amide bonds. The van der Waals surface area contributed by atoms with Gasteiger partial charge in [-0.2, -0.15) is 0 Å². The van der Waals surface area contributed by atoms with Crippen molar-refractivity contribution in [1.82, 2.24) is 19.9 Å². The SMILES string of the molecule is CC(C)n1cc([C@]2(O)CCN(Cc3cccc(C(N)=O)c3)C2)nn1. The van der Waals surface area contributed by atoms with E-state index in [4.69, 9.17) is 5.73 Å². The minimum atomic E-state index is -0.978. The van der Waals surface area contributed by atoms with E-state index < -0.39 is 11.5 Å². The molecule has 3 rings (SSSR count). The van der Waals surface area contributed by atoms with E-state index in [1.165, 1.54) is 0 Å². The first-order chi connectivity index (χ1) is 11.4. The summed E-state index contributed by atoms with van der Waals surface area (Å²) in [6.07, 6.45) is 2.43. The molecule has 0 unspecified atom stereocenters. The van der Waals surface area contributed by atoms with Crippen molar-refractivity contribution in [2.45, 2.75) is 38.5 Å². The molecule has 2 aromatic rings. The second kappa shape index (κ2) is 6.33. The largest absolute Gasteiger partial charge is 0.382 e. The lowest BCUT2D eigenvalue weighted by atomic mass is 10.00. The standard InChI is InChI=1S/C17H23N5O2/c1-12(2)22-10-15(19-20-22)17(24)6-7-21(11-17)9-13-4-3-5-14(8-13)16(18)23/h3-5,8,10,12,24H,6-7,9,11H2,1-2H3,(H2,18,23)/t17-/m0/s1. The van der Waals surface area contributed by atoms with E-state index >= 15 is 0 Å². The average Bonchev–Trinajstić information content (AvgIpc) is 3.16. The molecule has 1 aromatic heterocycles. The zero-order valence-electron chi connectivity index (χ0n) is 14.0. The van der Waals surface area contributed by atoms with E-state index in [0.29, 0.717) is 30.8 Å². The van der Waals surface area contributed by atoms with Gasteiger partial charge in [-0.1, -0.05) is 17.3 Å². The lowest BCUT2D eigenvalue weighted by Gasteiger charge is -2.21. The summed E-state index contributed by atoms with van der Waals surface area (Å²) < 4.78 is 1.76. The number of rotatable bonds is 5. The van der Waals surface area contributed by atoms with Gasteiger partial charge >= 0.3 is 0 Å². The molecule has 0 bridgehead atoms. The summed E-state index contributed by atoms with van der Waals surface area (Å²) in [7, 11) is 0. The van der Waals surface area contributed by atoms with Crippen LogP contribution in [-0.2, 0) is 12.1 Å². The molecule has 24 heavy (non-hydrogen) atoms. The first-order valence-corrected chi connectivity index (χ1v) is 8.13. The number of hydrogen-bond acceptors (Lipinski definition) is 5. The molecule has 0 aliphatic carbocycles. The van der Waals surface area contributed by atoms with Crippen LogP contribution in [0.25, 0.3) is 0 Å². The normalized spacial score (nSPS) is 21.5. The van der Waals surface area contributed by atoms with Crippen LogP contribution < -0.4 is 5.73 Å². The highest BCUT2D eigenvalue weighted by atomic mass is 16.3. The summed E-state index contributed by atoms with van der Waals surface area (Å²) in [5, 5.41) is 19.1. The van der Waals surface area contributed by atoms with Crippen LogP contribution in [0.1, 0.15) is 47.9 Å². The molecule has 7 heteroatoms. The number of β-amino-alcohol motifs (C(OH)–C–C–N with tert-alkyl or cyclic N) is 1. The smallest absolute Gasteiger partial charge is 0.248 e. The molecule has 0 spiro atoms. The molecule has 2 heterocycles. The van der Waals surface area contributed by atoms with E-state index in [9.17, 15) is 9.90 Å². The van der Waals surface area contributed by atoms with E-state index in [1.54, 1.807) is 16.8 Å². The molecule has 128 valence electrons. The van der Waals surface area contributed by atoms with Gasteiger partial charge in [0.25, 0.3) is 0 Å². The van der Waals surface area contributed by atoms with Crippen LogP contribution in [0.4, 0.5) is 0 Å². The third-order valence-corrected chi connectivity index (χ3v) is 4.46. The minimum absolute atomic E-state index is 0.212. The van der Waals surface area contributed by atoms with Crippen molar-refractivity contribution in [2.24, 2.45) is 5.73 Å². The van der Waals surface area contributed by atoms with Gasteiger partial charge < -0.3 is 10.8 Å². The number of carbonyl (C=O) groups is 1. The summed E-state index contributed by atoms with van der Waals surface area (Å²) in [5.74, 6) is -0.430. The Morgan fingerprint density at radius 2 is 2.25 bits per heavy atom. The Balaban J connectivity index is 1.70. The van der Waals surface area contributed by atoms with Crippen LogP contribution in [-0.4, -0.2) is 44.0 Å². The van der Waals surface area contributed by atoms with E-state index in [2.05, 4.69) is 15.2 Å². The van der Waals surface area contributed by atoms with Crippen LogP contribution in [0, 0.1) is 0 Å². The van der Waals surface area contributed by atoms with E-state index in [-0.39, 0.29) is 6.04 Å². The van der Waals surface area contributed by atoms with E-state index in [1.807, 2.05) is 32.2 Å². The molecular formula is C17H23N5O2. The topological polar surface area (TPSA) is 97.3 Å². The van der Waals surface area contributed by atoms with Gasteiger partial charge in [0.2, 0.25) is 5.91 Å². The van der Waals surface area contributed by atoms with Crippen molar-refractivity contribution in [1.29, 1.82) is 0 Å². The maximum Gasteiger partial charge on any atom is 0.248 e. The third-order valence-electron chi connectivity index (χ3n) is 4.46. The number of aromatic nitrogens is 3.